The molecule has 3 aromatic rings. The fraction of sp³-hybridized carbons (Fsp3) is 0.100. The number of pyridine rings is 1. The van der Waals surface area contributed by atoms with E-state index in [2.05, 4.69) is 50.5 Å². The van der Waals surface area contributed by atoms with Crippen LogP contribution in [0, 0.1) is 0 Å². The zero-order chi connectivity index (χ0) is 17.2. The molecule has 0 unspecified atom stereocenters. The van der Waals surface area contributed by atoms with E-state index in [-0.39, 0.29) is 5.92 Å². The maximum Gasteiger partial charge on any atom is 0.411 e. The zero-order valence-electron chi connectivity index (χ0n) is 13.3. The molecule has 0 saturated heterocycles. The van der Waals surface area contributed by atoms with Gasteiger partial charge in [-0.05, 0) is 50.3 Å². The smallest absolute Gasteiger partial charge is 0.411 e. The van der Waals surface area contributed by atoms with Gasteiger partial charge in [0.25, 0.3) is 0 Å². The summed E-state index contributed by atoms with van der Waals surface area (Å²) in [6, 6.07) is 20.0. The third-order valence-corrected chi connectivity index (χ3v) is 4.75. The fourth-order valence-corrected chi connectivity index (χ4v) is 3.60. The number of halogens is 1. The van der Waals surface area contributed by atoms with E-state index in [1.807, 2.05) is 24.3 Å². The van der Waals surface area contributed by atoms with Crippen LogP contribution in [0.2, 0.25) is 0 Å². The number of fused-ring (bicyclic) bond motifs is 3. The van der Waals surface area contributed by atoms with Gasteiger partial charge in [0.15, 0.2) is 0 Å². The van der Waals surface area contributed by atoms with Crippen LogP contribution in [0.3, 0.4) is 0 Å². The SMILES string of the molecule is O=C(Nc1ccnc(Br)c1)OCC1c2ccccc2-c2ccccc21. The van der Waals surface area contributed by atoms with Crippen molar-refractivity contribution in [2.24, 2.45) is 0 Å². The number of nitrogens with zero attached hydrogens (tertiary/aromatic N) is 1. The van der Waals surface area contributed by atoms with Gasteiger partial charge in [-0.25, -0.2) is 9.78 Å². The summed E-state index contributed by atoms with van der Waals surface area (Å²) in [5.41, 5.74) is 5.46. The predicted molar refractivity (Wildman–Crippen MR) is 101 cm³/mol. The number of nitrogens with one attached hydrogen (secondary N) is 1. The number of carbonyl (C=O) groups excluding carboxylic acids is 1. The molecule has 1 heterocycles. The number of amides is 1. The molecule has 0 bridgehead atoms. The summed E-state index contributed by atoms with van der Waals surface area (Å²) in [6.45, 7) is 0.298. The number of anilines is 1. The Bertz CT molecular complexity index is 897. The summed E-state index contributed by atoms with van der Waals surface area (Å²) in [6.07, 6.45) is 1.14. The second kappa shape index (κ2) is 6.69. The Balaban J connectivity index is 1.50. The minimum Gasteiger partial charge on any atom is -0.448 e. The van der Waals surface area contributed by atoms with Gasteiger partial charge in [-0.15, -0.1) is 0 Å². The molecule has 1 N–H and O–H groups in total. The van der Waals surface area contributed by atoms with Gasteiger partial charge in [-0.3, -0.25) is 5.32 Å². The van der Waals surface area contributed by atoms with E-state index in [0.29, 0.717) is 16.9 Å². The molecule has 1 aliphatic rings. The van der Waals surface area contributed by atoms with Gasteiger partial charge >= 0.3 is 6.09 Å². The summed E-state index contributed by atoms with van der Waals surface area (Å²) in [7, 11) is 0. The number of aromatic nitrogens is 1. The van der Waals surface area contributed by atoms with Crippen LogP contribution in [0.1, 0.15) is 17.0 Å². The van der Waals surface area contributed by atoms with Crippen molar-refractivity contribution in [2.75, 3.05) is 11.9 Å². The Labute approximate surface area is 154 Å². The van der Waals surface area contributed by atoms with E-state index in [0.717, 1.165) is 0 Å². The zero-order valence-corrected chi connectivity index (χ0v) is 14.9. The third kappa shape index (κ3) is 3.15. The Kier molecular flexibility index (Phi) is 4.24. The van der Waals surface area contributed by atoms with Gasteiger partial charge < -0.3 is 4.74 Å². The molecule has 1 aromatic heterocycles. The molecule has 4 nitrogen and oxygen atoms in total. The average molecular weight is 395 g/mol. The Hall–Kier alpha value is -2.66. The van der Waals surface area contributed by atoms with E-state index in [9.17, 15) is 4.79 Å². The van der Waals surface area contributed by atoms with E-state index in [4.69, 9.17) is 4.74 Å². The molecule has 1 aliphatic carbocycles. The first-order valence-electron chi connectivity index (χ1n) is 7.96. The van der Waals surface area contributed by atoms with E-state index in [1.54, 1.807) is 18.3 Å². The lowest BCUT2D eigenvalue weighted by atomic mass is 9.98. The van der Waals surface area contributed by atoms with Crippen molar-refractivity contribution in [3.8, 4) is 11.1 Å². The minimum atomic E-state index is -0.472. The molecular weight excluding hydrogens is 380 g/mol. The summed E-state index contributed by atoms with van der Waals surface area (Å²) < 4.78 is 6.15. The van der Waals surface area contributed by atoms with Crippen LogP contribution in [-0.4, -0.2) is 17.7 Å². The van der Waals surface area contributed by atoms with Gasteiger partial charge in [-0.1, -0.05) is 48.5 Å². The van der Waals surface area contributed by atoms with Crippen molar-refractivity contribution in [2.45, 2.75) is 5.92 Å². The second-order valence-electron chi connectivity index (χ2n) is 5.82. The predicted octanol–water partition coefficient (Wildman–Crippen LogP) is 5.21. The van der Waals surface area contributed by atoms with Crippen LogP contribution < -0.4 is 5.32 Å². The van der Waals surface area contributed by atoms with Crippen molar-refractivity contribution in [3.63, 3.8) is 0 Å². The molecule has 0 fully saturated rings. The first kappa shape index (κ1) is 15.8. The van der Waals surface area contributed by atoms with E-state index in [1.165, 1.54) is 22.3 Å². The summed E-state index contributed by atoms with van der Waals surface area (Å²) >= 11 is 3.28. The molecule has 5 heteroatoms. The lowest BCUT2D eigenvalue weighted by molar-refractivity contribution is 0.158. The average Bonchev–Trinajstić information content (AvgIpc) is 2.94. The molecule has 2 aromatic carbocycles. The fourth-order valence-electron chi connectivity index (χ4n) is 3.23. The van der Waals surface area contributed by atoms with Crippen LogP contribution in [0.5, 0.6) is 0 Å². The van der Waals surface area contributed by atoms with Crippen molar-refractivity contribution >= 4 is 27.7 Å². The van der Waals surface area contributed by atoms with Crippen LogP contribution in [0.4, 0.5) is 10.5 Å². The Morgan fingerprint density at radius 2 is 1.68 bits per heavy atom. The summed E-state index contributed by atoms with van der Waals surface area (Å²) in [5, 5.41) is 2.72. The monoisotopic (exact) mass is 394 g/mol. The first-order chi connectivity index (χ1) is 12.2. The van der Waals surface area contributed by atoms with E-state index >= 15 is 0 Å². The quantitative estimate of drug-likeness (QED) is 0.620. The highest BCUT2D eigenvalue weighted by Crippen LogP contribution is 2.44. The minimum absolute atomic E-state index is 0.0577. The molecule has 4 rings (SSSR count). The van der Waals surface area contributed by atoms with Crippen molar-refractivity contribution in [1.82, 2.24) is 4.98 Å². The highest BCUT2D eigenvalue weighted by molar-refractivity contribution is 9.10. The van der Waals surface area contributed by atoms with Crippen LogP contribution in [0.25, 0.3) is 11.1 Å². The number of hydrogen-bond donors (Lipinski definition) is 1. The highest BCUT2D eigenvalue weighted by Gasteiger charge is 2.28. The molecule has 25 heavy (non-hydrogen) atoms. The maximum atomic E-state index is 12.1. The van der Waals surface area contributed by atoms with Gasteiger partial charge in [0.05, 0.1) is 0 Å². The number of carbonyl (C=O) groups is 1. The van der Waals surface area contributed by atoms with Gasteiger partial charge in [0.2, 0.25) is 0 Å². The summed E-state index contributed by atoms with van der Waals surface area (Å²) in [4.78, 5) is 16.2. The Morgan fingerprint density at radius 3 is 2.32 bits per heavy atom. The largest absolute Gasteiger partial charge is 0.448 e. The number of ether oxygens (including phenoxy) is 1. The standard InChI is InChI=1S/C20H15BrN2O2/c21-19-11-13(9-10-22-19)23-20(24)25-12-18-16-7-3-1-5-14(16)15-6-2-4-8-17(15)18/h1-11,18H,12H2,(H,22,23,24). The van der Waals surface area contributed by atoms with Gasteiger partial charge in [-0.2, -0.15) is 0 Å². The first-order valence-corrected chi connectivity index (χ1v) is 8.75. The molecular formula is C20H15BrN2O2. The van der Waals surface area contributed by atoms with Crippen LogP contribution in [-0.2, 0) is 4.74 Å². The normalized spacial score (nSPS) is 12.4. The number of hydrogen-bond acceptors (Lipinski definition) is 3. The molecule has 0 radical (unpaired) electrons. The van der Waals surface area contributed by atoms with Crippen molar-refractivity contribution in [1.29, 1.82) is 0 Å². The highest BCUT2D eigenvalue weighted by atomic mass is 79.9. The summed E-state index contributed by atoms with van der Waals surface area (Å²) in [5.74, 6) is 0.0577. The van der Waals surface area contributed by atoms with Crippen LogP contribution in [0.15, 0.2) is 71.5 Å². The molecule has 0 spiro atoms. The van der Waals surface area contributed by atoms with E-state index < -0.39 is 6.09 Å². The lowest BCUT2D eigenvalue weighted by Crippen LogP contribution is -2.17. The molecule has 1 amide bonds. The van der Waals surface area contributed by atoms with Crippen molar-refractivity contribution < 1.29 is 9.53 Å². The topological polar surface area (TPSA) is 51.2 Å². The Morgan fingerprint density at radius 1 is 1.04 bits per heavy atom. The van der Waals surface area contributed by atoms with Crippen molar-refractivity contribution in [3.05, 3.63) is 82.6 Å². The molecule has 0 aliphatic heterocycles. The third-order valence-electron chi connectivity index (χ3n) is 4.32. The number of benzene rings is 2. The molecule has 0 saturated carbocycles. The number of rotatable bonds is 3. The van der Waals surface area contributed by atoms with Gasteiger partial charge in [0.1, 0.15) is 11.2 Å². The van der Waals surface area contributed by atoms with Gasteiger partial charge in [0, 0.05) is 17.8 Å². The second-order valence-corrected chi connectivity index (χ2v) is 6.63. The molecule has 0 atom stereocenters. The maximum absolute atomic E-state index is 12.1. The lowest BCUT2D eigenvalue weighted by Gasteiger charge is -2.14. The molecule has 124 valence electrons. The van der Waals surface area contributed by atoms with Crippen LogP contribution >= 0.6 is 15.9 Å².